The van der Waals surface area contributed by atoms with Crippen molar-refractivity contribution in [1.29, 1.82) is 0 Å². The van der Waals surface area contributed by atoms with Crippen LogP contribution in [-0.2, 0) is 0 Å². The molecule has 1 fully saturated rings. The minimum Gasteiger partial charge on any atom is -0.313 e. The van der Waals surface area contributed by atoms with E-state index in [1.165, 1.54) is 6.42 Å². The molecule has 1 aliphatic heterocycles. The molecule has 2 heteroatoms. The Balaban J connectivity index is 2.41. The van der Waals surface area contributed by atoms with Crippen LogP contribution in [0.4, 0.5) is 0 Å². The Morgan fingerprint density at radius 3 is 2.80 bits per heavy atom. The summed E-state index contributed by atoms with van der Waals surface area (Å²) in [6.45, 7) is 8.96. The lowest BCUT2D eigenvalue weighted by Gasteiger charge is -2.23. The maximum Gasteiger partial charge on any atom is 0.0164 e. The first-order chi connectivity index (χ1) is 4.60. The number of hydrogen-bond acceptors (Lipinski definition) is 2. The maximum atomic E-state index is 3.51. The lowest BCUT2D eigenvalue weighted by molar-refractivity contribution is 0.389. The molecule has 2 nitrogen and oxygen atoms in total. The largest absolute Gasteiger partial charge is 0.313 e. The smallest absolute Gasteiger partial charge is 0.0164 e. The number of nitrogens with one attached hydrogen (secondary N) is 2. The van der Waals surface area contributed by atoms with Crippen LogP contribution in [0, 0.1) is 0 Å². The van der Waals surface area contributed by atoms with Gasteiger partial charge in [0.15, 0.2) is 0 Å². The van der Waals surface area contributed by atoms with E-state index in [0.717, 1.165) is 13.1 Å². The monoisotopic (exact) mass is 142 g/mol. The molecule has 1 heterocycles. The van der Waals surface area contributed by atoms with Gasteiger partial charge in [-0.05, 0) is 33.7 Å². The van der Waals surface area contributed by atoms with E-state index < -0.39 is 0 Å². The minimum atomic E-state index is 0.331. The molecule has 0 amide bonds. The molecule has 0 aromatic heterocycles. The molecule has 60 valence electrons. The predicted octanol–water partition coefficient (Wildman–Crippen LogP) is 0.736. The van der Waals surface area contributed by atoms with Crippen LogP contribution in [0.15, 0.2) is 0 Å². The van der Waals surface area contributed by atoms with Gasteiger partial charge in [-0.2, -0.15) is 0 Å². The molecular weight excluding hydrogens is 124 g/mol. The first-order valence-electron chi connectivity index (χ1n) is 4.08. The fourth-order valence-corrected chi connectivity index (χ4v) is 1.22. The van der Waals surface area contributed by atoms with Crippen LogP contribution >= 0.6 is 0 Å². The Bertz CT molecular complexity index is 110. The molecule has 1 atom stereocenters. The van der Waals surface area contributed by atoms with Crippen molar-refractivity contribution in [2.24, 2.45) is 0 Å². The quantitative estimate of drug-likeness (QED) is 0.521. The fraction of sp³-hybridized carbons (Fsp3) is 1.00. The molecule has 2 N–H and O–H groups in total. The Morgan fingerprint density at radius 2 is 2.10 bits per heavy atom. The zero-order valence-electron chi connectivity index (χ0n) is 7.20. The second kappa shape index (κ2) is 2.89. The molecule has 0 bridgehead atoms. The van der Waals surface area contributed by atoms with E-state index in [2.05, 4.69) is 31.4 Å². The Labute approximate surface area is 63.4 Å². The molecule has 0 aliphatic carbocycles. The standard InChI is InChI=1S/C8H18N2/c1-7-6-10-8(2,3)4-5-9-7/h7,9-10H,4-6H2,1-3H3/t7-/m0/s1. The molecule has 0 radical (unpaired) electrons. The van der Waals surface area contributed by atoms with E-state index in [1.807, 2.05) is 0 Å². The Hall–Kier alpha value is -0.0800. The summed E-state index contributed by atoms with van der Waals surface area (Å²) in [6.07, 6.45) is 1.22. The summed E-state index contributed by atoms with van der Waals surface area (Å²) in [4.78, 5) is 0. The average molecular weight is 142 g/mol. The zero-order chi connectivity index (χ0) is 7.61. The van der Waals surface area contributed by atoms with E-state index in [1.54, 1.807) is 0 Å². The zero-order valence-corrected chi connectivity index (χ0v) is 7.20. The third-order valence-electron chi connectivity index (χ3n) is 2.13. The van der Waals surface area contributed by atoms with E-state index in [0.29, 0.717) is 11.6 Å². The summed E-state index contributed by atoms with van der Waals surface area (Å²) >= 11 is 0. The SMILES string of the molecule is C[C@H]1CNC(C)(C)CCN1. The Kier molecular flexibility index (Phi) is 2.32. The predicted molar refractivity (Wildman–Crippen MR) is 44.2 cm³/mol. The lowest BCUT2D eigenvalue weighted by Crippen LogP contribution is -2.41. The first kappa shape index (κ1) is 8.02. The molecule has 0 saturated carbocycles. The third kappa shape index (κ3) is 2.27. The summed E-state index contributed by atoms with van der Waals surface area (Å²) in [6, 6.07) is 0.627. The highest BCUT2D eigenvalue weighted by atomic mass is 15.1. The normalized spacial score (nSPS) is 33.3. The van der Waals surface area contributed by atoms with Crippen LogP contribution in [-0.4, -0.2) is 24.7 Å². The Morgan fingerprint density at radius 1 is 1.40 bits per heavy atom. The topological polar surface area (TPSA) is 24.1 Å². The van der Waals surface area contributed by atoms with E-state index >= 15 is 0 Å². The van der Waals surface area contributed by atoms with Gasteiger partial charge in [0.2, 0.25) is 0 Å². The molecule has 0 spiro atoms. The molecule has 1 aliphatic rings. The third-order valence-corrected chi connectivity index (χ3v) is 2.13. The molecule has 0 aromatic rings. The first-order valence-corrected chi connectivity index (χ1v) is 4.08. The summed E-state index contributed by atoms with van der Waals surface area (Å²) in [5.41, 5.74) is 0.331. The molecular formula is C8H18N2. The van der Waals surface area contributed by atoms with Crippen molar-refractivity contribution in [3.8, 4) is 0 Å². The highest BCUT2D eigenvalue weighted by Crippen LogP contribution is 2.09. The fourth-order valence-electron chi connectivity index (χ4n) is 1.22. The van der Waals surface area contributed by atoms with Crippen molar-refractivity contribution in [3.63, 3.8) is 0 Å². The van der Waals surface area contributed by atoms with E-state index in [9.17, 15) is 0 Å². The van der Waals surface area contributed by atoms with Crippen molar-refractivity contribution in [2.45, 2.75) is 38.8 Å². The van der Waals surface area contributed by atoms with Crippen LogP contribution in [0.3, 0.4) is 0 Å². The van der Waals surface area contributed by atoms with Crippen LogP contribution < -0.4 is 10.6 Å². The highest BCUT2D eigenvalue weighted by Gasteiger charge is 2.20. The van der Waals surface area contributed by atoms with Crippen molar-refractivity contribution in [1.82, 2.24) is 10.6 Å². The van der Waals surface area contributed by atoms with Crippen molar-refractivity contribution in [2.75, 3.05) is 13.1 Å². The molecule has 0 aromatic carbocycles. The highest BCUT2D eigenvalue weighted by molar-refractivity contribution is 4.84. The number of hydrogen-bond donors (Lipinski definition) is 2. The van der Waals surface area contributed by atoms with Gasteiger partial charge in [0.05, 0.1) is 0 Å². The lowest BCUT2D eigenvalue weighted by atomic mass is 10.0. The van der Waals surface area contributed by atoms with Gasteiger partial charge in [0.25, 0.3) is 0 Å². The summed E-state index contributed by atoms with van der Waals surface area (Å²) in [7, 11) is 0. The average Bonchev–Trinajstić information content (AvgIpc) is 1.94. The van der Waals surface area contributed by atoms with Gasteiger partial charge in [-0.15, -0.1) is 0 Å². The van der Waals surface area contributed by atoms with Crippen molar-refractivity contribution in [3.05, 3.63) is 0 Å². The van der Waals surface area contributed by atoms with E-state index in [4.69, 9.17) is 0 Å². The van der Waals surface area contributed by atoms with Gasteiger partial charge in [-0.3, -0.25) is 0 Å². The maximum absolute atomic E-state index is 3.51. The van der Waals surface area contributed by atoms with Crippen molar-refractivity contribution >= 4 is 0 Å². The summed E-state index contributed by atoms with van der Waals surface area (Å²) in [5, 5.41) is 6.95. The van der Waals surface area contributed by atoms with Gasteiger partial charge in [0, 0.05) is 18.1 Å². The van der Waals surface area contributed by atoms with Crippen LogP contribution in [0.1, 0.15) is 27.2 Å². The van der Waals surface area contributed by atoms with Crippen LogP contribution in [0.2, 0.25) is 0 Å². The summed E-state index contributed by atoms with van der Waals surface area (Å²) < 4.78 is 0. The van der Waals surface area contributed by atoms with Gasteiger partial charge in [-0.25, -0.2) is 0 Å². The molecule has 10 heavy (non-hydrogen) atoms. The second-order valence-corrected chi connectivity index (χ2v) is 3.87. The van der Waals surface area contributed by atoms with Crippen molar-refractivity contribution < 1.29 is 0 Å². The molecule has 1 rings (SSSR count). The number of rotatable bonds is 0. The van der Waals surface area contributed by atoms with Crippen LogP contribution in [0.5, 0.6) is 0 Å². The molecule has 1 saturated heterocycles. The second-order valence-electron chi connectivity index (χ2n) is 3.87. The van der Waals surface area contributed by atoms with Gasteiger partial charge in [0.1, 0.15) is 0 Å². The van der Waals surface area contributed by atoms with Gasteiger partial charge >= 0.3 is 0 Å². The van der Waals surface area contributed by atoms with Crippen LogP contribution in [0.25, 0.3) is 0 Å². The van der Waals surface area contributed by atoms with E-state index in [-0.39, 0.29) is 0 Å². The summed E-state index contributed by atoms with van der Waals surface area (Å²) in [5.74, 6) is 0. The molecule has 0 unspecified atom stereocenters. The van der Waals surface area contributed by atoms with Gasteiger partial charge < -0.3 is 10.6 Å². The van der Waals surface area contributed by atoms with Gasteiger partial charge in [-0.1, -0.05) is 0 Å². The minimum absolute atomic E-state index is 0.331.